The maximum Gasteiger partial charge on any atom is 0.337 e. The lowest BCUT2D eigenvalue weighted by molar-refractivity contribution is 0.0696. The summed E-state index contributed by atoms with van der Waals surface area (Å²) in [5.41, 5.74) is 0.432. The van der Waals surface area contributed by atoms with Gasteiger partial charge in [0.05, 0.1) is 17.4 Å². The van der Waals surface area contributed by atoms with Gasteiger partial charge in [-0.1, -0.05) is 19.3 Å². The summed E-state index contributed by atoms with van der Waals surface area (Å²) in [5, 5.41) is 14.3. The molecule has 0 spiro atoms. The molecule has 0 saturated heterocycles. The molecule has 0 aromatic carbocycles. The second kappa shape index (κ2) is 6.88. The number of urea groups is 1. The molecular formula is C14H19N3O3. The van der Waals surface area contributed by atoms with Crippen molar-refractivity contribution in [3.8, 4) is 0 Å². The van der Waals surface area contributed by atoms with Crippen LogP contribution in [0.1, 0.15) is 42.5 Å². The molecular weight excluding hydrogens is 258 g/mol. The largest absolute Gasteiger partial charge is 0.478 e. The molecule has 1 fully saturated rings. The number of hydrogen-bond donors (Lipinski definition) is 3. The van der Waals surface area contributed by atoms with Crippen LogP contribution in [0.4, 0.5) is 10.5 Å². The normalized spacial score (nSPS) is 15.6. The summed E-state index contributed by atoms with van der Waals surface area (Å²) in [7, 11) is 0. The van der Waals surface area contributed by atoms with Crippen molar-refractivity contribution in [1.82, 2.24) is 10.3 Å². The van der Waals surface area contributed by atoms with E-state index < -0.39 is 5.97 Å². The van der Waals surface area contributed by atoms with Crippen LogP contribution in [0, 0.1) is 5.92 Å². The van der Waals surface area contributed by atoms with E-state index in [1.54, 1.807) is 0 Å². The molecule has 1 heterocycles. The highest BCUT2D eigenvalue weighted by molar-refractivity contribution is 5.92. The number of amides is 2. The number of carboxylic acid groups (broad SMARTS) is 1. The number of rotatable bonds is 4. The highest BCUT2D eigenvalue weighted by Crippen LogP contribution is 2.22. The fraction of sp³-hybridized carbons (Fsp3) is 0.500. The van der Waals surface area contributed by atoms with Crippen molar-refractivity contribution in [1.29, 1.82) is 0 Å². The Balaban J connectivity index is 1.81. The minimum absolute atomic E-state index is 0.0510. The van der Waals surface area contributed by atoms with E-state index in [4.69, 9.17) is 5.11 Å². The zero-order valence-corrected chi connectivity index (χ0v) is 11.3. The van der Waals surface area contributed by atoms with Crippen molar-refractivity contribution in [2.45, 2.75) is 32.1 Å². The molecule has 20 heavy (non-hydrogen) atoms. The zero-order chi connectivity index (χ0) is 14.4. The molecule has 3 N–H and O–H groups in total. The quantitative estimate of drug-likeness (QED) is 0.788. The van der Waals surface area contributed by atoms with Crippen LogP contribution < -0.4 is 10.6 Å². The Hall–Kier alpha value is -2.11. The Morgan fingerprint density at radius 1 is 1.25 bits per heavy atom. The lowest BCUT2D eigenvalue weighted by atomic mass is 9.89. The van der Waals surface area contributed by atoms with Gasteiger partial charge in [0, 0.05) is 12.7 Å². The van der Waals surface area contributed by atoms with E-state index in [9.17, 15) is 9.59 Å². The fourth-order valence-electron chi connectivity index (χ4n) is 2.43. The van der Waals surface area contributed by atoms with E-state index >= 15 is 0 Å². The first-order valence-corrected chi connectivity index (χ1v) is 6.88. The minimum Gasteiger partial charge on any atom is -0.478 e. The molecule has 0 atom stereocenters. The highest BCUT2D eigenvalue weighted by Gasteiger charge is 2.14. The molecule has 1 aliphatic carbocycles. The first-order valence-electron chi connectivity index (χ1n) is 6.88. The Labute approximate surface area is 117 Å². The minimum atomic E-state index is -1.07. The maximum absolute atomic E-state index is 11.7. The van der Waals surface area contributed by atoms with Crippen LogP contribution in [0.3, 0.4) is 0 Å². The molecule has 2 amide bonds. The van der Waals surface area contributed by atoms with Crippen molar-refractivity contribution in [3.63, 3.8) is 0 Å². The van der Waals surface area contributed by atoms with E-state index in [1.807, 2.05) is 0 Å². The molecule has 1 aromatic heterocycles. The summed E-state index contributed by atoms with van der Waals surface area (Å²) in [4.78, 5) is 26.3. The summed E-state index contributed by atoms with van der Waals surface area (Å²) in [5.74, 6) is -0.512. The first-order chi connectivity index (χ1) is 9.65. The van der Waals surface area contributed by atoms with E-state index in [2.05, 4.69) is 15.6 Å². The van der Waals surface area contributed by atoms with Crippen molar-refractivity contribution in [2.24, 2.45) is 5.92 Å². The molecule has 0 unspecified atom stereocenters. The van der Waals surface area contributed by atoms with Crippen molar-refractivity contribution >= 4 is 17.7 Å². The SMILES string of the molecule is O=C(NCC1CCCCC1)Nc1cncc(C(=O)O)c1. The predicted molar refractivity (Wildman–Crippen MR) is 74.8 cm³/mol. The van der Waals surface area contributed by atoms with Gasteiger partial charge in [0.1, 0.15) is 0 Å². The molecule has 1 aromatic rings. The van der Waals surface area contributed by atoms with E-state index in [0.717, 1.165) is 12.8 Å². The number of nitrogens with one attached hydrogen (secondary N) is 2. The van der Waals surface area contributed by atoms with Crippen molar-refractivity contribution in [2.75, 3.05) is 11.9 Å². The third-order valence-corrected chi connectivity index (χ3v) is 3.52. The van der Waals surface area contributed by atoms with Crippen LogP contribution in [0.5, 0.6) is 0 Å². The number of nitrogens with zero attached hydrogens (tertiary/aromatic N) is 1. The maximum atomic E-state index is 11.7. The molecule has 2 rings (SSSR count). The van der Waals surface area contributed by atoms with Gasteiger partial charge in [-0.05, 0) is 24.8 Å². The monoisotopic (exact) mass is 277 g/mol. The molecule has 108 valence electrons. The third-order valence-electron chi connectivity index (χ3n) is 3.52. The number of hydrogen-bond acceptors (Lipinski definition) is 3. The predicted octanol–water partition coefficient (Wildman–Crippen LogP) is 2.48. The highest BCUT2D eigenvalue weighted by atomic mass is 16.4. The Bertz CT molecular complexity index is 484. The van der Waals surface area contributed by atoms with Crippen LogP contribution in [-0.2, 0) is 0 Å². The molecule has 1 aliphatic rings. The van der Waals surface area contributed by atoms with Crippen LogP contribution in [-0.4, -0.2) is 28.6 Å². The summed E-state index contributed by atoms with van der Waals surface area (Å²) in [6, 6.07) is 1.06. The average molecular weight is 277 g/mol. The smallest absolute Gasteiger partial charge is 0.337 e. The van der Waals surface area contributed by atoms with Crippen LogP contribution in [0.2, 0.25) is 0 Å². The number of pyridine rings is 1. The summed E-state index contributed by atoms with van der Waals surface area (Å²) in [6.07, 6.45) is 8.75. The Kier molecular flexibility index (Phi) is 4.92. The van der Waals surface area contributed by atoms with Gasteiger partial charge in [0.15, 0.2) is 0 Å². The number of carbonyl (C=O) groups excluding carboxylic acids is 1. The van der Waals surface area contributed by atoms with Gasteiger partial charge in [-0.25, -0.2) is 9.59 Å². The number of anilines is 1. The number of aromatic carboxylic acids is 1. The van der Waals surface area contributed by atoms with Gasteiger partial charge in [0.2, 0.25) is 0 Å². The lowest BCUT2D eigenvalue weighted by Gasteiger charge is -2.21. The zero-order valence-electron chi connectivity index (χ0n) is 11.3. The van der Waals surface area contributed by atoms with E-state index in [-0.39, 0.29) is 11.6 Å². The topological polar surface area (TPSA) is 91.3 Å². The van der Waals surface area contributed by atoms with Gasteiger partial charge >= 0.3 is 12.0 Å². The number of carboxylic acids is 1. The second-order valence-electron chi connectivity index (χ2n) is 5.11. The van der Waals surface area contributed by atoms with Crippen LogP contribution >= 0.6 is 0 Å². The van der Waals surface area contributed by atoms with Gasteiger partial charge in [-0.3, -0.25) is 4.98 Å². The van der Waals surface area contributed by atoms with Gasteiger partial charge in [-0.15, -0.1) is 0 Å². The van der Waals surface area contributed by atoms with Gasteiger partial charge in [-0.2, -0.15) is 0 Å². The second-order valence-corrected chi connectivity index (χ2v) is 5.11. The lowest BCUT2D eigenvalue weighted by Crippen LogP contribution is -2.33. The Morgan fingerprint density at radius 2 is 2.00 bits per heavy atom. The van der Waals surface area contributed by atoms with Gasteiger partial charge in [0.25, 0.3) is 0 Å². The summed E-state index contributed by atoms with van der Waals surface area (Å²) >= 11 is 0. The van der Waals surface area contributed by atoms with E-state index in [1.165, 1.54) is 37.7 Å². The fourth-order valence-corrected chi connectivity index (χ4v) is 2.43. The van der Waals surface area contributed by atoms with E-state index in [0.29, 0.717) is 18.2 Å². The molecule has 1 saturated carbocycles. The standard InChI is InChI=1S/C14H19N3O3/c18-13(19)11-6-12(9-15-8-11)17-14(20)16-7-10-4-2-1-3-5-10/h6,8-10H,1-5,7H2,(H,18,19)(H2,16,17,20). The number of carbonyl (C=O) groups is 2. The summed E-state index contributed by atoms with van der Waals surface area (Å²) < 4.78 is 0. The molecule has 0 radical (unpaired) electrons. The third kappa shape index (κ3) is 4.22. The Morgan fingerprint density at radius 3 is 2.70 bits per heavy atom. The van der Waals surface area contributed by atoms with Crippen LogP contribution in [0.15, 0.2) is 18.5 Å². The van der Waals surface area contributed by atoms with Crippen molar-refractivity contribution < 1.29 is 14.7 Å². The average Bonchev–Trinajstić information content (AvgIpc) is 2.46. The number of aromatic nitrogens is 1. The molecule has 0 bridgehead atoms. The van der Waals surface area contributed by atoms with Crippen LogP contribution in [0.25, 0.3) is 0 Å². The summed E-state index contributed by atoms with van der Waals surface area (Å²) in [6.45, 7) is 0.665. The van der Waals surface area contributed by atoms with Crippen molar-refractivity contribution in [3.05, 3.63) is 24.0 Å². The molecule has 6 nitrogen and oxygen atoms in total. The molecule has 0 aliphatic heterocycles. The first kappa shape index (κ1) is 14.3. The van der Waals surface area contributed by atoms with Gasteiger partial charge < -0.3 is 15.7 Å². The molecule has 6 heteroatoms.